The zero-order valence-electron chi connectivity index (χ0n) is 19.8. The van der Waals surface area contributed by atoms with Crippen molar-refractivity contribution in [2.24, 2.45) is 0 Å². The Balaban J connectivity index is 1.48. The summed E-state index contributed by atoms with van der Waals surface area (Å²) in [5, 5.41) is 21.4. The molecule has 0 aliphatic carbocycles. The Hall–Kier alpha value is -5.00. The van der Waals surface area contributed by atoms with E-state index in [-0.39, 0.29) is 28.5 Å². The highest BCUT2D eigenvalue weighted by Crippen LogP contribution is 2.34. The summed E-state index contributed by atoms with van der Waals surface area (Å²) < 4.78 is 7.21. The Morgan fingerprint density at radius 2 is 1.83 bits per heavy atom. The Morgan fingerprint density at radius 3 is 2.47 bits per heavy atom. The van der Waals surface area contributed by atoms with Crippen molar-refractivity contribution in [3.05, 3.63) is 82.8 Å². The van der Waals surface area contributed by atoms with Gasteiger partial charge in [-0.05, 0) is 24.3 Å². The molecule has 1 aromatic carbocycles. The second-order valence-corrected chi connectivity index (χ2v) is 8.77. The van der Waals surface area contributed by atoms with E-state index in [1.54, 1.807) is 4.68 Å². The molecule has 0 aliphatic rings. The van der Waals surface area contributed by atoms with Crippen LogP contribution in [0.4, 0.5) is 27.9 Å². The van der Waals surface area contributed by atoms with E-state index in [1.165, 1.54) is 30.6 Å². The van der Waals surface area contributed by atoms with Crippen molar-refractivity contribution < 1.29 is 14.5 Å². The van der Waals surface area contributed by atoms with Crippen LogP contribution in [0.25, 0.3) is 5.69 Å². The second-order valence-electron chi connectivity index (χ2n) is 8.77. The average Bonchev–Trinajstić information content (AvgIpc) is 3.25. The van der Waals surface area contributed by atoms with Crippen molar-refractivity contribution in [1.82, 2.24) is 19.7 Å². The van der Waals surface area contributed by atoms with Crippen molar-refractivity contribution in [2.45, 2.75) is 26.2 Å². The molecule has 0 atom stereocenters. The maximum atomic E-state index is 12.7. The van der Waals surface area contributed by atoms with Crippen LogP contribution in [0.1, 0.15) is 26.5 Å². The molecule has 0 spiro atoms. The monoisotopic (exact) mass is 488 g/mol. The number of nitrogens with two attached hydrogens (primary N) is 1. The van der Waals surface area contributed by atoms with E-state index in [0.29, 0.717) is 5.82 Å². The number of ether oxygens (including phenoxy) is 1. The molecule has 3 aromatic heterocycles. The molecule has 0 fully saturated rings. The van der Waals surface area contributed by atoms with Crippen LogP contribution in [0.2, 0.25) is 0 Å². The molecule has 0 unspecified atom stereocenters. The second kappa shape index (κ2) is 9.70. The molecule has 12 nitrogen and oxygen atoms in total. The van der Waals surface area contributed by atoms with Gasteiger partial charge in [-0.1, -0.05) is 39.0 Å². The van der Waals surface area contributed by atoms with Crippen molar-refractivity contribution in [2.75, 3.05) is 16.4 Å². The van der Waals surface area contributed by atoms with Crippen LogP contribution in [0.5, 0.6) is 11.5 Å². The maximum absolute atomic E-state index is 12.7. The van der Waals surface area contributed by atoms with Gasteiger partial charge in [-0.25, -0.2) is 19.4 Å². The Morgan fingerprint density at radius 1 is 1.08 bits per heavy atom. The van der Waals surface area contributed by atoms with Crippen LogP contribution in [0.3, 0.4) is 0 Å². The van der Waals surface area contributed by atoms with Gasteiger partial charge in [0, 0.05) is 23.7 Å². The third-order valence-corrected chi connectivity index (χ3v) is 5.02. The van der Waals surface area contributed by atoms with Gasteiger partial charge in [-0.3, -0.25) is 20.7 Å². The van der Waals surface area contributed by atoms with Crippen LogP contribution < -0.4 is 21.1 Å². The maximum Gasteiger partial charge on any atom is 0.353 e. The molecule has 12 heteroatoms. The third-order valence-electron chi connectivity index (χ3n) is 5.02. The lowest BCUT2D eigenvalue weighted by molar-refractivity contribution is -0.384. The number of hydrogen-bond acceptors (Lipinski definition) is 8. The predicted octanol–water partition coefficient (Wildman–Crippen LogP) is 4.89. The molecule has 0 aliphatic heterocycles. The molecule has 3 heterocycles. The third kappa shape index (κ3) is 5.38. The lowest BCUT2D eigenvalue weighted by Crippen LogP contribution is -2.21. The zero-order valence-corrected chi connectivity index (χ0v) is 19.8. The van der Waals surface area contributed by atoms with E-state index in [0.717, 1.165) is 11.4 Å². The van der Waals surface area contributed by atoms with E-state index in [1.807, 2.05) is 57.2 Å². The number of aromatic nitrogens is 4. The first-order valence-corrected chi connectivity index (χ1v) is 10.9. The van der Waals surface area contributed by atoms with Crippen LogP contribution in [-0.2, 0) is 5.41 Å². The molecule has 0 radical (unpaired) electrons. The molecule has 36 heavy (non-hydrogen) atoms. The van der Waals surface area contributed by atoms with E-state index < -0.39 is 16.6 Å². The normalized spacial score (nSPS) is 11.1. The van der Waals surface area contributed by atoms with Gasteiger partial charge in [0.15, 0.2) is 0 Å². The minimum Gasteiger partial charge on any atom is -0.448 e. The highest BCUT2D eigenvalue weighted by Gasteiger charge is 2.22. The fourth-order valence-electron chi connectivity index (χ4n) is 3.23. The molecule has 4 aromatic rings. The summed E-state index contributed by atoms with van der Waals surface area (Å²) in [6.45, 7) is 6.12. The predicted molar refractivity (Wildman–Crippen MR) is 135 cm³/mol. The highest BCUT2D eigenvalue weighted by molar-refractivity contribution is 5.98. The van der Waals surface area contributed by atoms with Crippen LogP contribution in [0, 0.1) is 10.1 Å². The number of benzene rings is 1. The summed E-state index contributed by atoms with van der Waals surface area (Å²) in [6, 6.07) is 15.1. The first-order chi connectivity index (χ1) is 17.1. The number of para-hydroxylation sites is 1. The molecule has 4 N–H and O–H groups in total. The smallest absolute Gasteiger partial charge is 0.353 e. The van der Waals surface area contributed by atoms with Gasteiger partial charge in [0.2, 0.25) is 11.6 Å². The largest absolute Gasteiger partial charge is 0.448 e. The number of amides is 2. The summed E-state index contributed by atoms with van der Waals surface area (Å²) in [5.74, 6) is 0.615. The quantitative estimate of drug-likeness (QED) is 0.255. The number of carbonyl (C=O) groups excluding carboxylic acids is 1. The zero-order chi connectivity index (χ0) is 25.9. The minimum atomic E-state index is -0.670. The Kier molecular flexibility index (Phi) is 6.50. The number of rotatable bonds is 6. The highest BCUT2D eigenvalue weighted by atomic mass is 16.6. The van der Waals surface area contributed by atoms with Crippen LogP contribution in [0.15, 0.2) is 67.0 Å². The SMILES string of the molecule is CC(C)(C)c1cc(NC(=O)Nc2ccc(Oc3ccnc(N)c3[N+](=O)[O-])cn2)n(-c2ccccc2)n1. The summed E-state index contributed by atoms with van der Waals surface area (Å²) >= 11 is 0. The topological polar surface area (TPSA) is 163 Å². The average molecular weight is 489 g/mol. The number of pyridine rings is 2. The number of urea groups is 1. The molecule has 4 rings (SSSR count). The number of nitrogen functional groups attached to an aromatic ring is 1. The molecular weight excluding hydrogens is 464 g/mol. The van der Waals surface area contributed by atoms with Gasteiger partial charge in [0.1, 0.15) is 17.4 Å². The summed E-state index contributed by atoms with van der Waals surface area (Å²) in [4.78, 5) is 31.2. The van der Waals surface area contributed by atoms with E-state index >= 15 is 0 Å². The van der Waals surface area contributed by atoms with Crippen molar-refractivity contribution in [3.63, 3.8) is 0 Å². The van der Waals surface area contributed by atoms with E-state index in [4.69, 9.17) is 10.5 Å². The van der Waals surface area contributed by atoms with Gasteiger partial charge in [0.05, 0.1) is 22.5 Å². The number of nitrogens with zero attached hydrogens (tertiary/aromatic N) is 5. The fourth-order valence-corrected chi connectivity index (χ4v) is 3.23. The number of nitrogens with one attached hydrogen (secondary N) is 2. The van der Waals surface area contributed by atoms with E-state index in [9.17, 15) is 14.9 Å². The molecule has 184 valence electrons. The van der Waals surface area contributed by atoms with E-state index in [2.05, 4.69) is 25.7 Å². The lowest BCUT2D eigenvalue weighted by atomic mass is 9.92. The minimum absolute atomic E-state index is 0.0726. The molecular formula is C24H24N8O4. The number of carbonyl (C=O) groups is 1. The standard InChI is InChI=1S/C24H24N8O4/c1-24(2,3)18-13-20(31(30-18)15-7-5-4-6-8-15)29-23(33)28-19-10-9-16(14-27-19)36-17-11-12-26-22(25)21(17)32(34)35/h4-14H,1-3H3,(H2,25,26)(H2,27,28,29,33). The number of hydrogen-bond donors (Lipinski definition) is 3. The van der Waals surface area contributed by atoms with Crippen molar-refractivity contribution in [3.8, 4) is 17.2 Å². The van der Waals surface area contributed by atoms with Crippen LogP contribution >= 0.6 is 0 Å². The van der Waals surface area contributed by atoms with Gasteiger partial charge in [0.25, 0.3) is 0 Å². The molecule has 2 amide bonds. The van der Waals surface area contributed by atoms with Gasteiger partial charge < -0.3 is 10.5 Å². The summed E-state index contributed by atoms with van der Waals surface area (Å²) in [5.41, 5.74) is 6.53. The van der Waals surface area contributed by atoms with Crippen molar-refractivity contribution >= 4 is 29.2 Å². The van der Waals surface area contributed by atoms with Gasteiger partial charge >= 0.3 is 11.7 Å². The van der Waals surface area contributed by atoms with Gasteiger partial charge in [-0.15, -0.1) is 0 Å². The summed E-state index contributed by atoms with van der Waals surface area (Å²) in [6.07, 6.45) is 2.62. The molecule has 0 saturated carbocycles. The van der Waals surface area contributed by atoms with Crippen molar-refractivity contribution in [1.29, 1.82) is 0 Å². The lowest BCUT2D eigenvalue weighted by Gasteiger charge is -2.14. The Labute approximate surface area is 206 Å². The molecule has 0 bridgehead atoms. The summed E-state index contributed by atoms with van der Waals surface area (Å²) in [7, 11) is 0. The van der Waals surface area contributed by atoms with Crippen LogP contribution in [-0.4, -0.2) is 30.7 Å². The fraction of sp³-hybridized carbons (Fsp3) is 0.167. The Bertz CT molecular complexity index is 1400. The first kappa shape index (κ1) is 24.1. The first-order valence-electron chi connectivity index (χ1n) is 10.9. The van der Waals surface area contributed by atoms with Gasteiger partial charge in [-0.2, -0.15) is 5.10 Å². The number of nitro groups is 1. The number of anilines is 3. The molecule has 0 saturated heterocycles.